The molecule has 1 N–H and O–H groups in total. The van der Waals surface area contributed by atoms with Crippen LogP contribution >= 0.6 is 23.4 Å². The highest BCUT2D eigenvalue weighted by atomic mass is 35.5. The largest absolute Gasteiger partial charge is 0.244 e. The molecule has 0 aromatic carbocycles. The number of nitrogens with zero attached hydrogens (tertiary/aromatic N) is 1. The Morgan fingerprint density at radius 2 is 2.41 bits per heavy atom. The van der Waals surface area contributed by atoms with E-state index in [-0.39, 0.29) is 10.0 Å². The minimum Gasteiger partial charge on any atom is -0.244 e. The lowest BCUT2D eigenvalue weighted by Crippen LogP contribution is -2.29. The van der Waals surface area contributed by atoms with Gasteiger partial charge in [-0.05, 0) is 30.7 Å². The van der Waals surface area contributed by atoms with E-state index in [0.717, 1.165) is 18.6 Å². The van der Waals surface area contributed by atoms with Crippen LogP contribution in [-0.4, -0.2) is 30.9 Å². The van der Waals surface area contributed by atoms with Gasteiger partial charge in [-0.3, -0.25) is 0 Å². The van der Waals surface area contributed by atoms with Crippen molar-refractivity contribution in [2.24, 2.45) is 0 Å². The molecule has 0 spiro atoms. The highest BCUT2D eigenvalue weighted by Crippen LogP contribution is 2.25. The van der Waals surface area contributed by atoms with Gasteiger partial charge in [-0.25, -0.2) is 18.1 Å². The van der Waals surface area contributed by atoms with Crippen LogP contribution in [0.5, 0.6) is 0 Å². The molecule has 7 heteroatoms. The Morgan fingerprint density at radius 3 is 3.06 bits per heavy atom. The molecule has 17 heavy (non-hydrogen) atoms. The molecule has 0 amide bonds. The first kappa shape index (κ1) is 13.1. The summed E-state index contributed by atoms with van der Waals surface area (Å²) in [5.74, 6) is 1.12. The first-order valence-corrected chi connectivity index (χ1v) is 8.22. The van der Waals surface area contributed by atoms with Gasteiger partial charge in [-0.1, -0.05) is 11.6 Å². The van der Waals surface area contributed by atoms with Crippen molar-refractivity contribution in [2.45, 2.75) is 23.0 Å². The third kappa shape index (κ3) is 3.58. The first-order chi connectivity index (χ1) is 8.08. The molecular formula is C10H13ClN2O2S2. The van der Waals surface area contributed by atoms with Crippen molar-refractivity contribution < 1.29 is 8.42 Å². The standard InChI is InChI=1S/C10H13ClN2O2S2/c11-10-6-9(3-4-12-10)17(14,15)13-7-8-2-1-5-16-8/h3-4,6,8,13H,1-2,5,7H2. The number of halogens is 1. The molecule has 1 atom stereocenters. The maximum absolute atomic E-state index is 11.9. The van der Waals surface area contributed by atoms with E-state index in [9.17, 15) is 8.42 Å². The van der Waals surface area contributed by atoms with Crippen LogP contribution in [0.3, 0.4) is 0 Å². The molecule has 1 aromatic heterocycles. The summed E-state index contributed by atoms with van der Waals surface area (Å²) < 4.78 is 26.5. The van der Waals surface area contributed by atoms with Gasteiger partial charge >= 0.3 is 0 Å². The van der Waals surface area contributed by atoms with Crippen molar-refractivity contribution >= 4 is 33.4 Å². The van der Waals surface area contributed by atoms with Crippen molar-refractivity contribution in [1.29, 1.82) is 0 Å². The lowest BCUT2D eigenvalue weighted by molar-refractivity contribution is 0.579. The topological polar surface area (TPSA) is 59.1 Å². The van der Waals surface area contributed by atoms with E-state index < -0.39 is 10.0 Å². The molecule has 1 fully saturated rings. The summed E-state index contributed by atoms with van der Waals surface area (Å²) in [6.07, 6.45) is 3.63. The van der Waals surface area contributed by atoms with Crippen LogP contribution in [0.2, 0.25) is 5.15 Å². The molecule has 2 heterocycles. The van der Waals surface area contributed by atoms with Crippen LogP contribution in [0.15, 0.2) is 23.2 Å². The molecule has 1 aliphatic rings. The number of hydrogen-bond acceptors (Lipinski definition) is 4. The Labute approximate surface area is 110 Å². The number of rotatable bonds is 4. The van der Waals surface area contributed by atoms with E-state index in [1.165, 1.54) is 18.3 Å². The zero-order valence-electron chi connectivity index (χ0n) is 9.10. The second kappa shape index (κ2) is 5.56. The Morgan fingerprint density at radius 1 is 1.59 bits per heavy atom. The van der Waals surface area contributed by atoms with E-state index in [1.807, 2.05) is 11.8 Å². The molecule has 1 saturated heterocycles. The fraction of sp³-hybridized carbons (Fsp3) is 0.500. The monoisotopic (exact) mass is 292 g/mol. The van der Waals surface area contributed by atoms with Gasteiger partial charge in [0, 0.05) is 18.0 Å². The predicted octanol–water partition coefficient (Wildman–Crippen LogP) is 1.91. The second-order valence-electron chi connectivity index (χ2n) is 3.80. The minimum absolute atomic E-state index is 0.167. The van der Waals surface area contributed by atoms with Crippen molar-refractivity contribution in [2.75, 3.05) is 12.3 Å². The fourth-order valence-corrected chi connectivity index (χ4v) is 4.28. The van der Waals surface area contributed by atoms with Crippen LogP contribution in [0.25, 0.3) is 0 Å². The summed E-state index contributed by atoms with van der Waals surface area (Å²) in [7, 11) is -3.46. The van der Waals surface area contributed by atoms with E-state index in [1.54, 1.807) is 0 Å². The van der Waals surface area contributed by atoms with Crippen molar-refractivity contribution in [3.63, 3.8) is 0 Å². The Kier molecular flexibility index (Phi) is 4.30. The minimum atomic E-state index is -3.46. The van der Waals surface area contributed by atoms with Crippen LogP contribution in [-0.2, 0) is 10.0 Å². The molecule has 1 aromatic rings. The molecule has 0 bridgehead atoms. The Balaban J connectivity index is 2.03. The maximum Gasteiger partial charge on any atom is 0.240 e. The highest BCUT2D eigenvalue weighted by Gasteiger charge is 2.20. The zero-order chi connectivity index (χ0) is 12.3. The third-order valence-electron chi connectivity index (χ3n) is 2.53. The van der Waals surface area contributed by atoms with Gasteiger partial charge in [-0.15, -0.1) is 0 Å². The van der Waals surface area contributed by atoms with Gasteiger partial charge in [0.2, 0.25) is 10.0 Å². The average molecular weight is 293 g/mol. The normalized spacial score (nSPS) is 20.6. The number of pyridine rings is 1. The molecule has 4 nitrogen and oxygen atoms in total. The zero-order valence-corrected chi connectivity index (χ0v) is 11.5. The van der Waals surface area contributed by atoms with E-state index in [2.05, 4.69) is 9.71 Å². The molecule has 1 unspecified atom stereocenters. The van der Waals surface area contributed by atoms with Crippen LogP contribution < -0.4 is 4.72 Å². The summed E-state index contributed by atoms with van der Waals surface area (Å²) in [4.78, 5) is 3.93. The van der Waals surface area contributed by atoms with Crippen molar-refractivity contribution in [3.05, 3.63) is 23.5 Å². The summed E-state index contributed by atoms with van der Waals surface area (Å²) in [6, 6.07) is 2.79. The average Bonchev–Trinajstić information content (AvgIpc) is 2.79. The van der Waals surface area contributed by atoms with Gasteiger partial charge in [0.05, 0.1) is 4.90 Å². The summed E-state index contributed by atoms with van der Waals surface area (Å²) >= 11 is 7.49. The van der Waals surface area contributed by atoms with Gasteiger partial charge in [0.25, 0.3) is 0 Å². The number of sulfonamides is 1. The molecule has 2 rings (SSSR count). The molecule has 1 aliphatic heterocycles. The molecular weight excluding hydrogens is 280 g/mol. The Bertz CT molecular complexity index is 487. The SMILES string of the molecule is O=S(=O)(NCC1CCCS1)c1ccnc(Cl)c1. The summed E-state index contributed by atoms with van der Waals surface area (Å²) in [5, 5.41) is 0.574. The van der Waals surface area contributed by atoms with Gasteiger partial charge < -0.3 is 0 Å². The Hall–Kier alpha value is -0.300. The van der Waals surface area contributed by atoms with Crippen LogP contribution in [0, 0.1) is 0 Å². The number of thioether (sulfide) groups is 1. The molecule has 94 valence electrons. The number of nitrogens with one attached hydrogen (secondary N) is 1. The first-order valence-electron chi connectivity index (χ1n) is 5.31. The van der Waals surface area contributed by atoms with Gasteiger partial charge in [0.1, 0.15) is 5.15 Å². The van der Waals surface area contributed by atoms with Crippen molar-refractivity contribution in [3.8, 4) is 0 Å². The second-order valence-corrected chi connectivity index (χ2v) is 7.36. The molecule has 0 radical (unpaired) electrons. The van der Waals surface area contributed by atoms with Crippen molar-refractivity contribution in [1.82, 2.24) is 9.71 Å². The number of aromatic nitrogens is 1. The summed E-state index contributed by atoms with van der Waals surface area (Å²) in [5.41, 5.74) is 0. The molecule has 0 aliphatic carbocycles. The smallest absolute Gasteiger partial charge is 0.240 e. The highest BCUT2D eigenvalue weighted by molar-refractivity contribution is 8.00. The van der Waals surface area contributed by atoms with Gasteiger partial charge in [-0.2, -0.15) is 11.8 Å². The van der Waals surface area contributed by atoms with Crippen LogP contribution in [0.4, 0.5) is 0 Å². The maximum atomic E-state index is 11.9. The quantitative estimate of drug-likeness (QED) is 0.861. The fourth-order valence-electron chi connectivity index (χ4n) is 1.64. The molecule has 0 saturated carbocycles. The number of hydrogen-bond donors (Lipinski definition) is 1. The lowest BCUT2D eigenvalue weighted by Gasteiger charge is -2.10. The van der Waals surface area contributed by atoms with E-state index in [4.69, 9.17) is 11.6 Å². The van der Waals surface area contributed by atoms with E-state index in [0.29, 0.717) is 11.8 Å². The van der Waals surface area contributed by atoms with Gasteiger partial charge in [0.15, 0.2) is 0 Å². The van der Waals surface area contributed by atoms with Crippen LogP contribution in [0.1, 0.15) is 12.8 Å². The summed E-state index contributed by atoms with van der Waals surface area (Å²) in [6.45, 7) is 0.479. The predicted molar refractivity (Wildman–Crippen MR) is 69.9 cm³/mol. The third-order valence-corrected chi connectivity index (χ3v) is 5.56. The lowest BCUT2D eigenvalue weighted by atomic mass is 10.2. The van der Waals surface area contributed by atoms with E-state index >= 15 is 0 Å².